The maximum Gasteiger partial charge on any atom is 0.261 e. The van der Waals surface area contributed by atoms with Gasteiger partial charge in [0.25, 0.3) is 15.9 Å². The van der Waals surface area contributed by atoms with E-state index in [4.69, 9.17) is 9.47 Å². The number of benzene rings is 3. The van der Waals surface area contributed by atoms with E-state index in [1.54, 1.807) is 69.8 Å². The second-order valence-corrected chi connectivity index (χ2v) is 8.52. The summed E-state index contributed by atoms with van der Waals surface area (Å²) in [5.74, 6) is 1.05. The minimum Gasteiger partial charge on any atom is -0.497 e. The Bertz CT molecular complexity index is 1160. The fourth-order valence-corrected chi connectivity index (χ4v) is 4.15. The van der Waals surface area contributed by atoms with Gasteiger partial charge in [0.1, 0.15) is 11.5 Å². The molecule has 8 heteroatoms. The van der Waals surface area contributed by atoms with E-state index in [-0.39, 0.29) is 10.8 Å². The van der Waals surface area contributed by atoms with Gasteiger partial charge in [0.15, 0.2) is 0 Å². The van der Waals surface area contributed by atoms with Gasteiger partial charge in [-0.2, -0.15) is 0 Å². The molecule has 0 atom stereocenters. The molecule has 0 aromatic heterocycles. The number of nitrogens with one attached hydrogen (secondary N) is 1. The van der Waals surface area contributed by atoms with Gasteiger partial charge in [-0.15, -0.1) is 0 Å². The fraction of sp³-hybridized carbons (Fsp3) is 0.174. The molecule has 3 aromatic carbocycles. The number of amides is 1. The zero-order valence-electron chi connectivity index (χ0n) is 17.5. The first-order valence-corrected chi connectivity index (χ1v) is 11.0. The molecule has 0 radical (unpaired) electrons. The van der Waals surface area contributed by atoms with Crippen LogP contribution in [0, 0.1) is 0 Å². The van der Waals surface area contributed by atoms with E-state index >= 15 is 0 Å². The second kappa shape index (κ2) is 9.53. The van der Waals surface area contributed by atoms with Crippen LogP contribution < -0.4 is 14.2 Å². The average molecular weight is 441 g/mol. The Hall–Kier alpha value is -3.52. The number of ether oxygens (including phenoxy) is 2. The minimum atomic E-state index is -3.75. The molecule has 0 fully saturated rings. The first kappa shape index (κ1) is 22.2. The van der Waals surface area contributed by atoms with Gasteiger partial charge in [-0.1, -0.05) is 24.3 Å². The molecule has 3 rings (SSSR count). The molecule has 162 valence electrons. The van der Waals surface area contributed by atoms with E-state index in [2.05, 4.69) is 4.72 Å². The summed E-state index contributed by atoms with van der Waals surface area (Å²) in [6.07, 6.45) is 0. The summed E-state index contributed by atoms with van der Waals surface area (Å²) >= 11 is 0. The number of hydrogen-bond acceptors (Lipinski definition) is 5. The van der Waals surface area contributed by atoms with Gasteiger partial charge in [0.05, 0.1) is 19.1 Å². The van der Waals surface area contributed by atoms with E-state index in [1.165, 1.54) is 23.1 Å². The molecule has 3 aromatic rings. The van der Waals surface area contributed by atoms with Crippen LogP contribution in [-0.4, -0.2) is 40.5 Å². The van der Waals surface area contributed by atoms with Crippen molar-refractivity contribution in [3.8, 4) is 11.5 Å². The topological polar surface area (TPSA) is 84.9 Å². The molecule has 0 aliphatic carbocycles. The number of sulfonamides is 1. The molecule has 7 nitrogen and oxygen atoms in total. The maximum absolute atomic E-state index is 13.0. The molecule has 0 unspecified atom stereocenters. The predicted molar refractivity (Wildman–Crippen MR) is 119 cm³/mol. The van der Waals surface area contributed by atoms with Gasteiger partial charge in [0, 0.05) is 30.4 Å². The Morgan fingerprint density at radius 3 is 2.35 bits per heavy atom. The lowest BCUT2D eigenvalue weighted by Crippen LogP contribution is -2.26. The number of carbonyl (C=O) groups excluding carboxylic acids is 1. The van der Waals surface area contributed by atoms with Crippen molar-refractivity contribution < 1.29 is 22.7 Å². The third kappa shape index (κ3) is 5.35. The van der Waals surface area contributed by atoms with E-state index in [1.807, 2.05) is 6.07 Å². The summed E-state index contributed by atoms with van der Waals surface area (Å²) in [4.78, 5) is 14.6. The summed E-state index contributed by atoms with van der Waals surface area (Å²) in [6.45, 7) is 0.291. The zero-order chi connectivity index (χ0) is 22.4. The third-order valence-corrected chi connectivity index (χ3v) is 6.05. The molecule has 31 heavy (non-hydrogen) atoms. The Labute approximate surface area is 182 Å². The van der Waals surface area contributed by atoms with Crippen molar-refractivity contribution in [1.82, 2.24) is 4.90 Å². The minimum absolute atomic E-state index is 0.147. The molecule has 0 aliphatic rings. The standard InChI is InChI=1S/C23H24N2O5S/c1-25(16-18-15-20(29-2)12-13-22(18)30-3)23(26)17-8-7-9-19(14-17)24-31(27,28)21-10-5-4-6-11-21/h4-15,24H,16H2,1-3H3. The summed E-state index contributed by atoms with van der Waals surface area (Å²) < 4.78 is 38.3. The van der Waals surface area contributed by atoms with Gasteiger partial charge in [-0.25, -0.2) is 8.42 Å². The quantitative estimate of drug-likeness (QED) is 0.576. The third-order valence-electron chi connectivity index (χ3n) is 4.66. The number of rotatable bonds is 8. The number of hydrogen-bond donors (Lipinski definition) is 1. The molecule has 1 amide bonds. The first-order valence-electron chi connectivity index (χ1n) is 9.48. The molecule has 0 heterocycles. The molecular formula is C23H24N2O5S. The van der Waals surface area contributed by atoms with Crippen LogP contribution in [0.25, 0.3) is 0 Å². The van der Waals surface area contributed by atoms with Crippen molar-refractivity contribution >= 4 is 21.6 Å². The fourth-order valence-electron chi connectivity index (χ4n) is 3.08. The summed E-state index contributed by atoms with van der Waals surface area (Å²) in [6, 6.07) is 19.8. The van der Waals surface area contributed by atoms with E-state index in [0.717, 1.165) is 5.56 Å². The highest BCUT2D eigenvalue weighted by Gasteiger charge is 2.17. The van der Waals surface area contributed by atoms with Gasteiger partial charge >= 0.3 is 0 Å². The van der Waals surface area contributed by atoms with Crippen molar-refractivity contribution in [2.75, 3.05) is 26.0 Å². The lowest BCUT2D eigenvalue weighted by molar-refractivity contribution is 0.0784. The van der Waals surface area contributed by atoms with Crippen molar-refractivity contribution in [3.63, 3.8) is 0 Å². The highest BCUT2D eigenvalue weighted by atomic mass is 32.2. The zero-order valence-corrected chi connectivity index (χ0v) is 18.3. The van der Waals surface area contributed by atoms with Crippen molar-refractivity contribution in [3.05, 3.63) is 83.9 Å². The second-order valence-electron chi connectivity index (χ2n) is 6.84. The largest absolute Gasteiger partial charge is 0.497 e. The Morgan fingerprint density at radius 1 is 0.935 bits per heavy atom. The van der Waals surface area contributed by atoms with Crippen molar-refractivity contribution in [2.24, 2.45) is 0 Å². The Kier molecular flexibility index (Phi) is 6.81. The number of anilines is 1. The first-order chi connectivity index (χ1) is 14.8. The van der Waals surface area contributed by atoms with Crippen LogP contribution in [0.5, 0.6) is 11.5 Å². The molecule has 0 saturated carbocycles. The SMILES string of the molecule is COc1ccc(OC)c(CN(C)C(=O)c2cccc(NS(=O)(=O)c3ccccc3)c2)c1. The maximum atomic E-state index is 13.0. The highest BCUT2D eigenvalue weighted by Crippen LogP contribution is 2.26. The Morgan fingerprint density at radius 2 is 1.68 bits per heavy atom. The number of carbonyl (C=O) groups is 1. The van der Waals surface area contributed by atoms with Gasteiger partial charge in [-0.3, -0.25) is 9.52 Å². The number of nitrogens with zero attached hydrogens (tertiary/aromatic N) is 1. The van der Waals surface area contributed by atoms with E-state index in [9.17, 15) is 13.2 Å². The van der Waals surface area contributed by atoms with Gasteiger partial charge in [-0.05, 0) is 48.5 Å². The van der Waals surface area contributed by atoms with Crippen LogP contribution >= 0.6 is 0 Å². The lowest BCUT2D eigenvalue weighted by atomic mass is 10.1. The lowest BCUT2D eigenvalue weighted by Gasteiger charge is -2.20. The van der Waals surface area contributed by atoms with Gasteiger partial charge in [0.2, 0.25) is 0 Å². The molecule has 0 bridgehead atoms. The molecule has 0 aliphatic heterocycles. The van der Waals surface area contributed by atoms with E-state index in [0.29, 0.717) is 29.3 Å². The van der Waals surface area contributed by atoms with Crippen LogP contribution in [0.4, 0.5) is 5.69 Å². The van der Waals surface area contributed by atoms with Crippen molar-refractivity contribution in [1.29, 1.82) is 0 Å². The van der Waals surface area contributed by atoms with Crippen LogP contribution in [0.3, 0.4) is 0 Å². The summed E-state index contributed by atoms with van der Waals surface area (Å²) in [7, 11) is 1.06. The summed E-state index contributed by atoms with van der Waals surface area (Å²) in [5, 5.41) is 0. The highest BCUT2D eigenvalue weighted by molar-refractivity contribution is 7.92. The number of methoxy groups -OCH3 is 2. The van der Waals surface area contributed by atoms with Crippen LogP contribution in [-0.2, 0) is 16.6 Å². The average Bonchev–Trinajstić information content (AvgIpc) is 2.79. The molecule has 1 N–H and O–H groups in total. The van der Waals surface area contributed by atoms with Crippen LogP contribution in [0.1, 0.15) is 15.9 Å². The normalized spacial score (nSPS) is 10.9. The predicted octanol–water partition coefficient (Wildman–Crippen LogP) is 3.78. The Balaban J connectivity index is 1.78. The smallest absolute Gasteiger partial charge is 0.261 e. The van der Waals surface area contributed by atoms with Crippen LogP contribution in [0.2, 0.25) is 0 Å². The van der Waals surface area contributed by atoms with Gasteiger partial charge < -0.3 is 14.4 Å². The monoisotopic (exact) mass is 440 g/mol. The van der Waals surface area contributed by atoms with E-state index < -0.39 is 10.0 Å². The molecule has 0 saturated heterocycles. The van der Waals surface area contributed by atoms with Crippen LogP contribution in [0.15, 0.2) is 77.7 Å². The molecular weight excluding hydrogens is 416 g/mol. The van der Waals surface area contributed by atoms with Crippen molar-refractivity contribution in [2.45, 2.75) is 11.4 Å². The summed E-state index contributed by atoms with van der Waals surface area (Å²) in [5.41, 5.74) is 1.46. The molecule has 0 spiro atoms.